The summed E-state index contributed by atoms with van der Waals surface area (Å²) in [7, 11) is 0. The first-order valence-corrected chi connectivity index (χ1v) is 8.60. The molecule has 0 aromatic rings. The molecule has 2 atom stereocenters. The van der Waals surface area contributed by atoms with Crippen molar-refractivity contribution in [1.29, 1.82) is 0 Å². The van der Waals surface area contributed by atoms with Gasteiger partial charge in [-0.15, -0.1) is 0 Å². The van der Waals surface area contributed by atoms with Crippen molar-refractivity contribution in [3.8, 4) is 0 Å². The third-order valence-corrected chi connectivity index (χ3v) is 5.76. The zero-order chi connectivity index (χ0) is 13.1. The van der Waals surface area contributed by atoms with Gasteiger partial charge in [-0.05, 0) is 37.5 Å². The van der Waals surface area contributed by atoms with Crippen LogP contribution in [0.4, 0.5) is 0 Å². The summed E-state index contributed by atoms with van der Waals surface area (Å²) in [5.41, 5.74) is 0. The van der Waals surface area contributed by atoms with Crippen molar-refractivity contribution in [2.24, 2.45) is 11.8 Å². The minimum atomic E-state index is 0.508. The third kappa shape index (κ3) is 3.39. The van der Waals surface area contributed by atoms with E-state index in [2.05, 4.69) is 5.32 Å². The molecule has 1 heterocycles. The molecule has 1 aliphatic heterocycles. The van der Waals surface area contributed by atoms with Gasteiger partial charge in [-0.3, -0.25) is 4.79 Å². The van der Waals surface area contributed by atoms with Gasteiger partial charge >= 0.3 is 0 Å². The Hall–Kier alpha value is -0.370. The molecule has 1 N–H and O–H groups in total. The normalized spacial score (nSPS) is 35.5. The van der Waals surface area contributed by atoms with Crippen LogP contribution in [0.1, 0.15) is 77.0 Å². The molecule has 108 valence electrons. The first-order valence-electron chi connectivity index (χ1n) is 8.60. The van der Waals surface area contributed by atoms with E-state index < -0.39 is 0 Å². The van der Waals surface area contributed by atoms with Crippen LogP contribution in [-0.4, -0.2) is 17.9 Å². The monoisotopic (exact) mass is 263 g/mol. The number of ketones is 1. The summed E-state index contributed by atoms with van der Waals surface area (Å²) in [5, 5.41) is 3.90. The highest BCUT2D eigenvalue weighted by atomic mass is 16.1. The molecule has 0 radical (unpaired) electrons. The Morgan fingerprint density at radius 2 is 1.11 bits per heavy atom. The van der Waals surface area contributed by atoms with Crippen LogP contribution in [0.25, 0.3) is 0 Å². The predicted octanol–water partition coefficient (Wildman–Crippen LogP) is 3.84. The van der Waals surface area contributed by atoms with Crippen molar-refractivity contribution >= 4 is 5.78 Å². The van der Waals surface area contributed by atoms with Crippen LogP contribution in [0, 0.1) is 11.8 Å². The van der Waals surface area contributed by atoms with Gasteiger partial charge < -0.3 is 5.32 Å². The number of piperidine rings is 1. The number of rotatable bonds is 2. The molecule has 2 saturated carbocycles. The summed E-state index contributed by atoms with van der Waals surface area (Å²) in [6.07, 6.45) is 15.4. The van der Waals surface area contributed by atoms with Gasteiger partial charge in [0.1, 0.15) is 5.78 Å². The summed E-state index contributed by atoms with van der Waals surface area (Å²) in [6.45, 7) is 0. The Kier molecular flexibility index (Phi) is 4.57. The van der Waals surface area contributed by atoms with E-state index >= 15 is 0 Å². The van der Waals surface area contributed by atoms with Crippen LogP contribution in [-0.2, 0) is 4.79 Å². The van der Waals surface area contributed by atoms with Crippen LogP contribution >= 0.6 is 0 Å². The van der Waals surface area contributed by atoms with E-state index in [1.807, 2.05) is 0 Å². The van der Waals surface area contributed by atoms with E-state index in [1.54, 1.807) is 0 Å². The highest BCUT2D eigenvalue weighted by Gasteiger charge is 2.35. The fraction of sp³-hybridized carbons (Fsp3) is 0.941. The molecule has 3 aliphatic rings. The van der Waals surface area contributed by atoms with Gasteiger partial charge in [0.15, 0.2) is 0 Å². The molecule has 0 aromatic heterocycles. The minimum Gasteiger partial charge on any atom is -0.310 e. The molecule has 2 nitrogen and oxygen atoms in total. The van der Waals surface area contributed by atoms with E-state index in [1.165, 1.54) is 64.2 Å². The maximum Gasteiger partial charge on any atom is 0.136 e. The maximum atomic E-state index is 12.1. The first-order chi connectivity index (χ1) is 9.33. The first kappa shape index (κ1) is 13.6. The topological polar surface area (TPSA) is 29.1 Å². The van der Waals surface area contributed by atoms with Gasteiger partial charge in [-0.2, -0.15) is 0 Å². The van der Waals surface area contributed by atoms with Crippen LogP contribution < -0.4 is 5.32 Å². The van der Waals surface area contributed by atoms with Gasteiger partial charge in [-0.1, -0.05) is 38.5 Å². The van der Waals surface area contributed by atoms with Crippen molar-refractivity contribution in [1.82, 2.24) is 5.32 Å². The predicted molar refractivity (Wildman–Crippen MR) is 78.1 cm³/mol. The number of nitrogens with one attached hydrogen (secondary N) is 1. The highest BCUT2D eigenvalue weighted by molar-refractivity contribution is 5.80. The lowest BCUT2D eigenvalue weighted by Crippen LogP contribution is -2.52. The molecule has 2 aliphatic carbocycles. The molecular weight excluding hydrogens is 234 g/mol. The van der Waals surface area contributed by atoms with Crippen molar-refractivity contribution in [2.45, 2.75) is 89.1 Å². The van der Waals surface area contributed by atoms with Gasteiger partial charge in [0.25, 0.3) is 0 Å². The summed E-state index contributed by atoms with van der Waals surface area (Å²) in [6, 6.07) is 1.02. The van der Waals surface area contributed by atoms with Crippen molar-refractivity contribution in [2.75, 3.05) is 0 Å². The van der Waals surface area contributed by atoms with Crippen LogP contribution in [0.15, 0.2) is 0 Å². The number of hydrogen-bond acceptors (Lipinski definition) is 2. The van der Waals surface area contributed by atoms with Gasteiger partial charge in [0, 0.05) is 24.9 Å². The molecule has 3 rings (SSSR count). The third-order valence-electron chi connectivity index (χ3n) is 5.76. The Labute approximate surface area is 117 Å². The SMILES string of the molecule is O=C1C[C@@H](C2CCCCC2)N[C@@H](C2CCCCC2)C1. The minimum absolute atomic E-state index is 0.508. The molecule has 1 saturated heterocycles. The number of Topliss-reactive ketones (excluding diaryl/α,β-unsaturated/α-hetero) is 1. The van der Waals surface area contributed by atoms with Gasteiger partial charge in [0.2, 0.25) is 0 Å². The molecule has 0 aromatic carbocycles. The molecular formula is C17H29NO. The maximum absolute atomic E-state index is 12.1. The number of hydrogen-bond donors (Lipinski definition) is 1. The van der Waals surface area contributed by atoms with E-state index in [-0.39, 0.29) is 0 Å². The van der Waals surface area contributed by atoms with Crippen molar-refractivity contribution in [3.05, 3.63) is 0 Å². The molecule has 2 heteroatoms. The summed E-state index contributed by atoms with van der Waals surface area (Å²) >= 11 is 0. The Balaban J connectivity index is 1.60. The quantitative estimate of drug-likeness (QED) is 0.820. The molecule has 0 bridgehead atoms. The number of carbonyl (C=O) groups is 1. The van der Waals surface area contributed by atoms with E-state index in [0.717, 1.165) is 24.7 Å². The summed E-state index contributed by atoms with van der Waals surface area (Å²) in [4.78, 5) is 12.1. The molecule has 19 heavy (non-hydrogen) atoms. The lowest BCUT2D eigenvalue weighted by molar-refractivity contribution is -0.123. The number of carbonyl (C=O) groups excluding carboxylic acids is 1. The van der Waals surface area contributed by atoms with Crippen LogP contribution in [0.2, 0.25) is 0 Å². The lowest BCUT2D eigenvalue weighted by atomic mass is 9.75. The smallest absolute Gasteiger partial charge is 0.136 e. The molecule has 0 unspecified atom stereocenters. The average molecular weight is 263 g/mol. The molecule has 3 fully saturated rings. The molecule has 0 amide bonds. The second-order valence-electron chi connectivity index (χ2n) is 7.12. The van der Waals surface area contributed by atoms with Crippen molar-refractivity contribution in [3.63, 3.8) is 0 Å². The summed E-state index contributed by atoms with van der Waals surface area (Å²) in [5.74, 6) is 2.10. The average Bonchev–Trinajstić information content (AvgIpc) is 2.48. The fourth-order valence-electron chi connectivity index (χ4n) is 4.65. The Morgan fingerprint density at radius 1 is 0.684 bits per heavy atom. The van der Waals surface area contributed by atoms with Gasteiger partial charge in [-0.25, -0.2) is 0 Å². The van der Waals surface area contributed by atoms with E-state index in [9.17, 15) is 4.79 Å². The second-order valence-corrected chi connectivity index (χ2v) is 7.12. The second kappa shape index (κ2) is 6.39. The lowest BCUT2D eigenvalue weighted by Gasteiger charge is -2.41. The summed E-state index contributed by atoms with van der Waals surface area (Å²) < 4.78 is 0. The van der Waals surface area contributed by atoms with E-state index in [4.69, 9.17) is 0 Å². The van der Waals surface area contributed by atoms with Crippen LogP contribution in [0.3, 0.4) is 0 Å². The van der Waals surface area contributed by atoms with Gasteiger partial charge in [0.05, 0.1) is 0 Å². The zero-order valence-corrected chi connectivity index (χ0v) is 12.2. The fourth-order valence-corrected chi connectivity index (χ4v) is 4.65. The largest absolute Gasteiger partial charge is 0.310 e. The van der Waals surface area contributed by atoms with Crippen molar-refractivity contribution < 1.29 is 4.79 Å². The Morgan fingerprint density at radius 3 is 1.53 bits per heavy atom. The van der Waals surface area contributed by atoms with E-state index in [0.29, 0.717) is 17.9 Å². The molecule has 0 spiro atoms. The Bertz CT molecular complexity index is 274. The zero-order valence-electron chi connectivity index (χ0n) is 12.2. The highest BCUT2D eigenvalue weighted by Crippen LogP contribution is 2.34. The van der Waals surface area contributed by atoms with Crippen LogP contribution in [0.5, 0.6) is 0 Å². The standard InChI is InChI=1S/C17H29NO/c19-15-11-16(13-7-3-1-4-8-13)18-17(12-15)14-9-5-2-6-10-14/h13-14,16-18H,1-12H2/t16-,17+.